The lowest BCUT2D eigenvalue weighted by Crippen LogP contribution is -2.41. The summed E-state index contributed by atoms with van der Waals surface area (Å²) in [5.41, 5.74) is 0. The quantitative estimate of drug-likeness (QED) is 0.799. The number of hydrogen-bond acceptors (Lipinski definition) is 4. The standard InChI is InChI=1S/C16H25NO3/c1-13(14-7-9-19-10-8-14)17-11-15(18)12-20-16-5-3-2-4-6-16/h2-6,13-15,17-18H,7-12H2,1H3. The highest BCUT2D eigenvalue weighted by atomic mass is 16.5. The van der Waals surface area contributed by atoms with Crippen molar-refractivity contribution < 1.29 is 14.6 Å². The summed E-state index contributed by atoms with van der Waals surface area (Å²) in [4.78, 5) is 0. The first-order valence-electron chi connectivity index (χ1n) is 7.42. The zero-order valence-electron chi connectivity index (χ0n) is 12.1. The minimum absolute atomic E-state index is 0.317. The van der Waals surface area contributed by atoms with Crippen LogP contribution in [0.25, 0.3) is 0 Å². The molecule has 2 rings (SSSR count). The zero-order valence-corrected chi connectivity index (χ0v) is 12.1. The van der Waals surface area contributed by atoms with Gasteiger partial charge in [-0.3, -0.25) is 0 Å². The van der Waals surface area contributed by atoms with Gasteiger partial charge in [-0.15, -0.1) is 0 Å². The Kier molecular flexibility index (Phi) is 6.30. The fraction of sp³-hybridized carbons (Fsp3) is 0.625. The lowest BCUT2D eigenvalue weighted by molar-refractivity contribution is 0.0512. The number of para-hydroxylation sites is 1. The molecule has 0 aliphatic carbocycles. The van der Waals surface area contributed by atoms with Crippen LogP contribution in [-0.4, -0.2) is 43.6 Å². The van der Waals surface area contributed by atoms with Crippen LogP contribution in [0.3, 0.4) is 0 Å². The van der Waals surface area contributed by atoms with E-state index in [0.717, 1.165) is 31.8 Å². The molecular formula is C16H25NO3. The van der Waals surface area contributed by atoms with Crippen LogP contribution < -0.4 is 10.1 Å². The average Bonchev–Trinajstić information content (AvgIpc) is 2.52. The van der Waals surface area contributed by atoms with Gasteiger partial charge in [0.1, 0.15) is 18.5 Å². The van der Waals surface area contributed by atoms with Crippen LogP contribution in [0.15, 0.2) is 30.3 Å². The summed E-state index contributed by atoms with van der Waals surface area (Å²) >= 11 is 0. The van der Waals surface area contributed by atoms with Crippen molar-refractivity contribution in [3.63, 3.8) is 0 Å². The molecule has 20 heavy (non-hydrogen) atoms. The van der Waals surface area contributed by atoms with Gasteiger partial charge >= 0.3 is 0 Å². The van der Waals surface area contributed by atoms with Crippen molar-refractivity contribution in [1.82, 2.24) is 5.32 Å². The number of benzene rings is 1. The summed E-state index contributed by atoms with van der Waals surface area (Å²) in [6.45, 7) is 4.77. The Morgan fingerprint density at radius 1 is 1.30 bits per heavy atom. The molecule has 1 fully saturated rings. The van der Waals surface area contributed by atoms with Crippen LogP contribution in [0.1, 0.15) is 19.8 Å². The number of nitrogens with one attached hydrogen (secondary N) is 1. The maximum absolute atomic E-state index is 9.95. The monoisotopic (exact) mass is 279 g/mol. The maximum atomic E-state index is 9.95. The van der Waals surface area contributed by atoms with E-state index in [0.29, 0.717) is 25.1 Å². The molecule has 0 radical (unpaired) electrons. The predicted molar refractivity (Wildman–Crippen MR) is 79.0 cm³/mol. The van der Waals surface area contributed by atoms with E-state index in [1.807, 2.05) is 30.3 Å². The van der Waals surface area contributed by atoms with Gasteiger partial charge in [-0.2, -0.15) is 0 Å². The highest BCUT2D eigenvalue weighted by Gasteiger charge is 2.20. The highest BCUT2D eigenvalue weighted by Crippen LogP contribution is 2.18. The van der Waals surface area contributed by atoms with E-state index in [2.05, 4.69) is 12.2 Å². The zero-order chi connectivity index (χ0) is 14.2. The van der Waals surface area contributed by atoms with Crippen molar-refractivity contribution in [3.8, 4) is 5.75 Å². The normalized spacial score (nSPS) is 19.5. The minimum Gasteiger partial charge on any atom is -0.491 e. The second-order valence-electron chi connectivity index (χ2n) is 5.42. The van der Waals surface area contributed by atoms with E-state index in [1.54, 1.807) is 0 Å². The third-order valence-corrected chi connectivity index (χ3v) is 3.83. The Morgan fingerprint density at radius 3 is 2.70 bits per heavy atom. The van der Waals surface area contributed by atoms with Crippen molar-refractivity contribution in [2.75, 3.05) is 26.4 Å². The van der Waals surface area contributed by atoms with Gasteiger partial charge in [0.05, 0.1) is 0 Å². The molecule has 1 saturated heterocycles. The van der Waals surface area contributed by atoms with E-state index in [1.165, 1.54) is 0 Å². The number of ether oxygens (including phenoxy) is 2. The van der Waals surface area contributed by atoms with Crippen molar-refractivity contribution in [3.05, 3.63) is 30.3 Å². The number of aliphatic hydroxyl groups excluding tert-OH is 1. The second kappa shape index (κ2) is 8.25. The van der Waals surface area contributed by atoms with Gasteiger partial charge < -0.3 is 19.9 Å². The Hall–Kier alpha value is -1.10. The largest absolute Gasteiger partial charge is 0.491 e. The van der Waals surface area contributed by atoms with Crippen LogP contribution in [0.5, 0.6) is 5.75 Å². The Balaban J connectivity index is 1.63. The molecule has 2 unspecified atom stereocenters. The SMILES string of the molecule is CC(NCC(O)COc1ccccc1)C1CCOCC1. The fourth-order valence-corrected chi connectivity index (χ4v) is 2.47. The summed E-state index contributed by atoms with van der Waals surface area (Å²) in [5, 5.41) is 13.3. The Labute approximate surface area is 121 Å². The molecule has 0 saturated carbocycles. The van der Waals surface area contributed by atoms with E-state index in [4.69, 9.17) is 9.47 Å². The fourth-order valence-electron chi connectivity index (χ4n) is 2.47. The first-order valence-corrected chi connectivity index (χ1v) is 7.42. The van der Waals surface area contributed by atoms with Crippen LogP contribution in [0.2, 0.25) is 0 Å². The van der Waals surface area contributed by atoms with Gasteiger partial charge in [-0.25, -0.2) is 0 Å². The van der Waals surface area contributed by atoms with E-state index >= 15 is 0 Å². The van der Waals surface area contributed by atoms with Crippen LogP contribution in [0.4, 0.5) is 0 Å². The number of hydrogen-bond donors (Lipinski definition) is 2. The molecule has 1 aliphatic rings. The van der Waals surface area contributed by atoms with Crippen molar-refractivity contribution in [2.24, 2.45) is 5.92 Å². The van der Waals surface area contributed by atoms with Crippen LogP contribution in [0, 0.1) is 5.92 Å². The van der Waals surface area contributed by atoms with Crippen molar-refractivity contribution in [1.29, 1.82) is 0 Å². The van der Waals surface area contributed by atoms with Gasteiger partial charge in [0, 0.05) is 25.8 Å². The first-order chi connectivity index (χ1) is 9.75. The van der Waals surface area contributed by atoms with Gasteiger partial charge in [-0.05, 0) is 37.8 Å². The lowest BCUT2D eigenvalue weighted by atomic mass is 9.93. The van der Waals surface area contributed by atoms with Gasteiger partial charge in [0.2, 0.25) is 0 Å². The molecule has 0 spiro atoms. The average molecular weight is 279 g/mol. The molecule has 0 bridgehead atoms. The molecular weight excluding hydrogens is 254 g/mol. The summed E-state index contributed by atoms with van der Waals surface area (Å²) in [6.07, 6.45) is 1.72. The van der Waals surface area contributed by atoms with Gasteiger partial charge in [0.15, 0.2) is 0 Å². The minimum atomic E-state index is -0.488. The molecule has 1 aromatic carbocycles. The second-order valence-corrected chi connectivity index (χ2v) is 5.42. The summed E-state index contributed by atoms with van der Waals surface area (Å²) in [7, 11) is 0. The molecule has 1 aromatic rings. The van der Waals surface area contributed by atoms with E-state index in [9.17, 15) is 5.11 Å². The topological polar surface area (TPSA) is 50.7 Å². The maximum Gasteiger partial charge on any atom is 0.119 e. The number of rotatable bonds is 7. The number of aliphatic hydroxyl groups is 1. The highest BCUT2D eigenvalue weighted by molar-refractivity contribution is 5.20. The molecule has 0 aromatic heterocycles. The summed E-state index contributed by atoms with van der Waals surface area (Å²) in [6, 6.07) is 9.99. The van der Waals surface area contributed by atoms with E-state index in [-0.39, 0.29) is 0 Å². The molecule has 0 amide bonds. The first kappa shape index (κ1) is 15.3. The van der Waals surface area contributed by atoms with E-state index < -0.39 is 6.10 Å². The Morgan fingerprint density at radius 2 is 2.00 bits per heavy atom. The molecule has 4 nitrogen and oxygen atoms in total. The molecule has 112 valence electrons. The summed E-state index contributed by atoms with van der Waals surface area (Å²) in [5.74, 6) is 1.44. The molecule has 1 heterocycles. The third-order valence-electron chi connectivity index (χ3n) is 3.83. The summed E-state index contributed by atoms with van der Waals surface area (Å²) < 4.78 is 10.9. The van der Waals surface area contributed by atoms with Crippen molar-refractivity contribution in [2.45, 2.75) is 31.9 Å². The van der Waals surface area contributed by atoms with Crippen LogP contribution >= 0.6 is 0 Å². The smallest absolute Gasteiger partial charge is 0.119 e. The van der Waals surface area contributed by atoms with Crippen LogP contribution in [-0.2, 0) is 4.74 Å². The Bertz CT molecular complexity index is 365. The molecule has 2 atom stereocenters. The van der Waals surface area contributed by atoms with Crippen molar-refractivity contribution >= 4 is 0 Å². The third kappa shape index (κ3) is 5.12. The molecule has 4 heteroatoms. The van der Waals surface area contributed by atoms with Gasteiger partial charge in [-0.1, -0.05) is 18.2 Å². The predicted octanol–water partition coefficient (Wildman–Crippen LogP) is 1.83. The molecule has 2 N–H and O–H groups in total. The molecule has 1 aliphatic heterocycles. The lowest BCUT2D eigenvalue weighted by Gasteiger charge is -2.29. The van der Waals surface area contributed by atoms with Gasteiger partial charge in [0.25, 0.3) is 0 Å².